The smallest absolute Gasteiger partial charge is 0.316 e. The van der Waals surface area contributed by atoms with Gasteiger partial charge < -0.3 is 30.4 Å². The molecule has 6 amide bonds. The number of nitrogens with one attached hydrogen (secondary N) is 3. The number of amides is 6. The van der Waals surface area contributed by atoms with Gasteiger partial charge in [0.15, 0.2) is 0 Å². The van der Waals surface area contributed by atoms with Crippen molar-refractivity contribution in [2.45, 2.75) is 45.1 Å². The molecule has 2 aliphatic heterocycles. The molecule has 0 aliphatic carbocycles. The largest absolute Gasteiger partial charge is 0.491 e. The molecule has 0 saturated carbocycles. The maximum absolute atomic E-state index is 13.3. The number of nitrogens with two attached hydrogens (primary N) is 1. The molecule has 0 spiro atoms. The van der Waals surface area contributed by atoms with Gasteiger partial charge in [0.1, 0.15) is 36.2 Å². The second-order valence-electron chi connectivity index (χ2n) is 13.9. The van der Waals surface area contributed by atoms with Crippen molar-refractivity contribution in [3.8, 4) is 22.7 Å². The van der Waals surface area contributed by atoms with Crippen molar-refractivity contribution in [1.82, 2.24) is 24.9 Å². The fourth-order valence-corrected chi connectivity index (χ4v) is 6.42. The van der Waals surface area contributed by atoms with Gasteiger partial charge in [0.25, 0.3) is 11.8 Å². The Morgan fingerprint density at radius 1 is 0.981 bits per heavy atom. The van der Waals surface area contributed by atoms with Crippen LogP contribution in [0.25, 0.3) is 28.0 Å². The molecule has 1 atom stereocenters. The minimum Gasteiger partial charge on any atom is -0.491 e. The number of aromatic nitrogens is 3. The van der Waals surface area contributed by atoms with Crippen LogP contribution in [0.1, 0.15) is 60.1 Å². The highest BCUT2D eigenvalue weighted by Gasteiger charge is 2.45. The summed E-state index contributed by atoms with van der Waals surface area (Å²) in [6.07, 6.45) is 1.84. The van der Waals surface area contributed by atoms with Crippen molar-refractivity contribution < 1.29 is 38.0 Å². The van der Waals surface area contributed by atoms with E-state index in [9.17, 15) is 24.0 Å². The zero-order chi connectivity index (χ0) is 38.1. The summed E-state index contributed by atoms with van der Waals surface area (Å²) < 4.78 is 19.2. The molecule has 2 aromatic heterocycles. The molecule has 278 valence electrons. The van der Waals surface area contributed by atoms with Gasteiger partial charge in [-0.2, -0.15) is 0 Å². The zero-order valence-corrected chi connectivity index (χ0v) is 29.8. The monoisotopic (exact) mass is 734 g/mol. The molecule has 5 aromatic rings. The summed E-state index contributed by atoms with van der Waals surface area (Å²) in [6.45, 7) is 7.25. The van der Waals surface area contributed by atoms with E-state index in [1.807, 2.05) is 61.7 Å². The molecule has 5 N–H and O–H groups in total. The van der Waals surface area contributed by atoms with Crippen LogP contribution in [0.4, 0.5) is 16.2 Å². The zero-order valence-electron chi connectivity index (χ0n) is 29.8. The Hall–Kier alpha value is -6.55. The number of imidazole rings is 1. The number of hydrogen-bond acceptors (Lipinski definition) is 11. The number of anilines is 2. The summed E-state index contributed by atoms with van der Waals surface area (Å²) in [7, 11) is 0. The number of fused-ring (bicyclic) bond motifs is 2. The summed E-state index contributed by atoms with van der Waals surface area (Å²) in [6, 6.07) is 16.1. The number of piperidine rings is 1. The highest BCUT2D eigenvalue weighted by atomic mass is 16.5. The van der Waals surface area contributed by atoms with E-state index in [1.165, 1.54) is 0 Å². The van der Waals surface area contributed by atoms with Crippen molar-refractivity contribution in [3.63, 3.8) is 0 Å². The van der Waals surface area contributed by atoms with Gasteiger partial charge in [0.05, 0.1) is 41.1 Å². The summed E-state index contributed by atoms with van der Waals surface area (Å²) in [5.74, 6) is -0.918. The molecule has 16 heteroatoms. The van der Waals surface area contributed by atoms with Gasteiger partial charge in [0.2, 0.25) is 11.8 Å². The van der Waals surface area contributed by atoms with Crippen molar-refractivity contribution in [2.75, 3.05) is 37.0 Å². The summed E-state index contributed by atoms with van der Waals surface area (Å²) in [5.41, 5.74) is 10.0. The molecule has 1 fully saturated rings. The van der Waals surface area contributed by atoms with Gasteiger partial charge in [-0.25, -0.2) is 9.78 Å². The van der Waals surface area contributed by atoms with Crippen LogP contribution in [0.3, 0.4) is 0 Å². The van der Waals surface area contributed by atoms with Crippen LogP contribution in [-0.2, 0) is 19.7 Å². The topological polar surface area (TPSA) is 213 Å². The number of imide groups is 2. The minimum absolute atomic E-state index is 0.0512. The number of benzene rings is 3. The number of ether oxygens (including phenoxy) is 2. The Balaban J connectivity index is 0.937. The Bertz CT molecular complexity index is 2310. The predicted octanol–water partition coefficient (Wildman–Crippen LogP) is 4.38. The Labute approximate surface area is 308 Å². The normalized spacial score (nSPS) is 15.8. The van der Waals surface area contributed by atoms with Crippen LogP contribution >= 0.6 is 0 Å². The van der Waals surface area contributed by atoms with Gasteiger partial charge in [-0.3, -0.25) is 34.0 Å². The van der Waals surface area contributed by atoms with Crippen molar-refractivity contribution in [1.29, 1.82) is 0 Å². The van der Waals surface area contributed by atoms with E-state index in [-0.39, 0.29) is 49.2 Å². The van der Waals surface area contributed by atoms with Crippen molar-refractivity contribution in [3.05, 3.63) is 83.9 Å². The van der Waals surface area contributed by atoms with Crippen LogP contribution in [0.2, 0.25) is 0 Å². The van der Waals surface area contributed by atoms with E-state index >= 15 is 0 Å². The Morgan fingerprint density at radius 3 is 2.57 bits per heavy atom. The number of nitrogens with zero attached hydrogens (tertiary/aromatic N) is 4. The van der Waals surface area contributed by atoms with E-state index in [4.69, 9.17) is 19.7 Å². The highest BCUT2D eigenvalue weighted by Crippen LogP contribution is 2.35. The Morgan fingerprint density at radius 2 is 1.81 bits per heavy atom. The quantitative estimate of drug-likeness (QED) is 0.104. The van der Waals surface area contributed by atoms with Gasteiger partial charge in [0, 0.05) is 47.5 Å². The van der Waals surface area contributed by atoms with E-state index in [2.05, 4.69) is 26.1 Å². The van der Waals surface area contributed by atoms with E-state index < -0.39 is 35.7 Å². The van der Waals surface area contributed by atoms with E-state index in [1.54, 1.807) is 30.6 Å². The van der Waals surface area contributed by atoms with Crippen LogP contribution in [0.15, 0.2) is 71.5 Å². The molecule has 54 heavy (non-hydrogen) atoms. The molecule has 0 bridgehead atoms. The number of carbonyl (C=O) groups excluding carboxylic acids is 5. The first kappa shape index (κ1) is 35.8. The standard InChI is InChI=1S/C38H38N8O8/c1-38(2,3)31-19-27(44-54-31)24-17-21(7-9-25(24)42-37(39)51)45-20-41-28-18-22(8-10-29(28)45)53-16-15-52-14-13-40-26-6-4-5-23-33(26)36(50)46(35(23)49)30-11-12-32(47)43-34(30)48/h4-10,17-20,30,40H,11-16H2,1-3H3,(H3,39,42,51)(H,43,47,48). The number of urea groups is 1. The third-order valence-electron chi connectivity index (χ3n) is 9.11. The molecule has 0 radical (unpaired) electrons. The third kappa shape index (κ3) is 7.10. The third-order valence-corrected chi connectivity index (χ3v) is 9.11. The summed E-state index contributed by atoms with van der Waals surface area (Å²) in [4.78, 5) is 67.6. The lowest BCUT2D eigenvalue weighted by Gasteiger charge is -2.27. The van der Waals surface area contributed by atoms with Crippen LogP contribution in [0.5, 0.6) is 5.75 Å². The number of hydrogen-bond donors (Lipinski definition) is 4. The molecular formula is C38H38N8O8. The van der Waals surface area contributed by atoms with E-state index in [0.717, 1.165) is 16.1 Å². The first-order chi connectivity index (χ1) is 25.9. The maximum atomic E-state index is 13.3. The first-order valence-electron chi connectivity index (χ1n) is 17.3. The lowest BCUT2D eigenvalue weighted by molar-refractivity contribution is -0.136. The first-order valence-corrected chi connectivity index (χ1v) is 17.3. The highest BCUT2D eigenvalue weighted by molar-refractivity contribution is 6.25. The maximum Gasteiger partial charge on any atom is 0.316 e. The molecule has 7 rings (SSSR count). The second-order valence-corrected chi connectivity index (χ2v) is 13.9. The van der Waals surface area contributed by atoms with E-state index in [0.29, 0.717) is 46.2 Å². The van der Waals surface area contributed by atoms with Crippen LogP contribution in [-0.4, -0.2) is 81.7 Å². The lowest BCUT2D eigenvalue weighted by atomic mass is 9.92. The lowest BCUT2D eigenvalue weighted by Crippen LogP contribution is -2.54. The molecule has 1 unspecified atom stereocenters. The molecular weight excluding hydrogens is 696 g/mol. The second kappa shape index (κ2) is 14.5. The van der Waals surface area contributed by atoms with Crippen molar-refractivity contribution >= 4 is 52.1 Å². The van der Waals surface area contributed by atoms with Gasteiger partial charge in [-0.05, 0) is 48.9 Å². The fourth-order valence-electron chi connectivity index (χ4n) is 6.42. The SMILES string of the molecule is CC(C)(C)c1cc(-c2cc(-n3cnc4cc(OCCOCCNc5cccc6c5C(=O)N(C5CCC(=O)NC5=O)C6=O)ccc43)ccc2NC(N)=O)no1. The molecule has 2 aliphatic rings. The fraction of sp³-hybridized carbons (Fsp3) is 0.289. The Kier molecular flexibility index (Phi) is 9.60. The number of carbonyl (C=O) groups is 5. The van der Waals surface area contributed by atoms with Crippen LogP contribution < -0.4 is 26.4 Å². The van der Waals surface area contributed by atoms with Gasteiger partial charge in [-0.1, -0.05) is 32.0 Å². The molecule has 3 aromatic carbocycles. The predicted molar refractivity (Wildman–Crippen MR) is 196 cm³/mol. The summed E-state index contributed by atoms with van der Waals surface area (Å²) >= 11 is 0. The number of rotatable bonds is 12. The van der Waals surface area contributed by atoms with Crippen LogP contribution in [0, 0.1) is 0 Å². The molecule has 16 nitrogen and oxygen atoms in total. The number of primary amides is 1. The van der Waals surface area contributed by atoms with Crippen molar-refractivity contribution in [2.24, 2.45) is 5.73 Å². The van der Waals surface area contributed by atoms with Gasteiger partial charge in [-0.15, -0.1) is 0 Å². The molecule has 4 heterocycles. The average Bonchev–Trinajstić information content (AvgIpc) is 3.85. The average molecular weight is 735 g/mol. The minimum atomic E-state index is -1.03. The molecule has 1 saturated heterocycles. The van der Waals surface area contributed by atoms with Gasteiger partial charge >= 0.3 is 6.03 Å². The summed E-state index contributed by atoms with van der Waals surface area (Å²) in [5, 5.41) is 12.3.